The Morgan fingerprint density at radius 1 is 1.20 bits per heavy atom. The summed E-state index contributed by atoms with van der Waals surface area (Å²) in [7, 11) is 1.93. The number of hydrogen-bond acceptors (Lipinski definition) is 6. The van der Waals surface area contributed by atoms with Gasteiger partial charge in [-0.3, -0.25) is 9.59 Å². The van der Waals surface area contributed by atoms with Gasteiger partial charge in [-0.25, -0.2) is 9.67 Å². The lowest BCUT2D eigenvalue weighted by molar-refractivity contribution is 0.0940. The third-order valence-electron chi connectivity index (χ3n) is 4.97. The van der Waals surface area contributed by atoms with Crippen LogP contribution in [0.25, 0.3) is 16.7 Å². The number of carbonyl (C=O) groups excluding carboxylic acids is 2. The molecule has 0 spiro atoms. The lowest BCUT2D eigenvalue weighted by atomic mass is 10.0. The number of rotatable bonds is 6. The Balaban J connectivity index is 1.68. The third-order valence-corrected chi connectivity index (χ3v) is 4.97. The monoisotopic (exact) mass is 402 g/mol. The second kappa shape index (κ2) is 7.55. The van der Waals surface area contributed by atoms with E-state index in [-0.39, 0.29) is 11.7 Å². The van der Waals surface area contributed by atoms with Gasteiger partial charge in [0.2, 0.25) is 5.95 Å². The van der Waals surface area contributed by atoms with E-state index in [4.69, 9.17) is 0 Å². The van der Waals surface area contributed by atoms with Gasteiger partial charge in [-0.15, -0.1) is 0 Å². The van der Waals surface area contributed by atoms with Crippen molar-refractivity contribution in [3.63, 3.8) is 0 Å². The maximum Gasteiger partial charge on any atom is 0.229 e. The predicted octanol–water partition coefficient (Wildman–Crippen LogP) is 3.86. The molecule has 4 aromatic rings. The first kappa shape index (κ1) is 19.5. The number of benzene rings is 1. The molecule has 3 heterocycles. The highest BCUT2D eigenvalue weighted by molar-refractivity contribution is 6.09. The van der Waals surface area contributed by atoms with E-state index in [1.54, 1.807) is 30.1 Å². The minimum absolute atomic E-state index is 0.0824. The predicted molar refractivity (Wildman–Crippen MR) is 115 cm³/mol. The summed E-state index contributed by atoms with van der Waals surface area (Å²) in [6.45, 7) is 5.57. The van der Waals surface area contributed by atoms with Crippen molar-refractivity contribution in [1.82, 2.24) is 24.3 Å². The molecule has 0 aliphatic rings. The zero-order chi connectivity index (χ0) is 21.4. The SMILES string of the molecule is Cc1nn(-c2ccnc(Nc3ccc4c(c3)c(C(=O)C(C)C)cn4C)n2)cc1C=O. The molecule has 0 amide bonds. The average Bonchev–Trinajstić information content (AvgIpc) is 3.27. The molecule has 8 nitrogen and oxygen atoms in total. The van der Waals surface area contributed by atoms with Gasteiger partial charge < -0.3 is 9.88 Å². The number of nitrogens with zero attached hydrogens (tertiary/aromatic N) is 5. The Kier molecular flexibility index (Phi) is 4.91. The van der Waals surface area contributed by atoms with Crippen LogP contribution in [0, 0.1) is 12.8 Å². The summed E-state index contributed by atoms with van der Waals surface area (Å²) in [5, 5.41) is 8.40. The molecule has 1 aromatic carbocycles. The molecule has 0 unspecified atom stereocenters. The molecule has 3 aromatic heterocycles. The van der Waals surface area contributed by atoms with E-state index in [1.165, 1.54) is 0 Å². The Morgan fingerprint density at radius 2 is 2.00 bits per heavy atom. The van der Waals surface area contributed by atoms with Crippen molar-refractivity contribution < 1.29 is 9.59 Å². The lowest BCUT2D eigenvalue weighted by Gasteiger charge is -2.08. The molecular weight excluding hydrogens is 380 g/mol. The lowest BCUT2D eigenvalue weighted by Crippen LogP contribution is -2.06. The number of hydrogen-bond donors (Lipinski definition) is 1. The van der Waals surface area contributed by atoms with Crippen LogP contribution in [-0.2, 0) is 7.05 Å². The van der Waals surface area contributed by atoms with Crippen LogP contribution in [0.3, 0.4) is 0 Å². The zero-order valence-corrected chi connectivity index (χ0v) is 17.2. The summed E-state index contributed by atoms with van der Waals surface area (Å²) in [5.74, 6) is 0.956. The fourth-order valence-corrected chi connectivity index (χ4v) is 3.35. The molecule has 0 atom stereocenters. The number of carbonyl (C=O) groups is 2. The van der Waals surface area contributed by atoms with Crippen LogP contribution in [0.1, 0.15) is 40.3 Å². The summed E-state index contributed by atoms with van der Waals surface area (Å²) >= 11 is 0. The molecule has 30 heavy (non-hydrogen) atoms. The second-order valence-electron chi connectivity index (χ2n) is 7.50. The van der Waals surface area contributed by atoms with E-state index < -0.39 is 0 Å². The van der Waals surface area contributed by atoms with Gasteiger partial charge in [-0.2, -0.15) is 10.1 Å². The summed E-state index contributed by atoms with van der Waals surface area (Å²) in [6, 6.07) is 7.53. The van der Waals surface area contributed by atoms with Crippen LogP contribution < -0.4 is 5.32 Å². The van der Waals surface area contributed by atoms with Crippen LogP contribution >= 0.6 is 0 Å². The van der Waals surface area contributed by atoms with E-state index in [0.29, 0.717) is 28.6 Å². The molecule has 0 aliphatic heterocycles. The molecule has 0 saturated heterocycles. The van der Waals surface area contributed by atoms with Crippen molar-refractivity contribution >= 4 is 34.6 Å². The Hall–Kier alpha value is -3.81. The molecule has 8 heteroatoms. The van der Waals surface area contributed by atoms with Crippen molar-refractivity contribution in [3.8, 4) is 5.82 Å². The van der Waals surface area contributed by atoms with E-state index in [2.05, 4.69) is 20.4 Å². The van der Waals surface area contributed by atoms with Gasteiger partial charge in [0.25, 0.3) is 0 Å². The van der Waals surface area contributed by atoms with Crippen LogP contribution in [-0.4, -0.2) is 36.4 Å². The topological polar surface area (TPSA) is 94.7 Å². The summed E-state index contributed by atoms with van der Waals surface area (Å²) in [6.07, 6.45) is 5.90. The van der Waals surface area contributed by atoms with E-state index in [9.17, 15) is 9.59 Å². The number of fused-ring (bicyclic) bond motifs is 1. The molecular formula is C22H22N6O2. The van der Waals surface area contributed by atoms with Gasteiger partial charge in [0, 0.05) is 59.8 Å². The van der Waals surface area contributed by atoms with Crippen molar-refractivity contribution in [2.45, 2.75) is 20.8 Å². The molecule has 1 N–H and O–H groups in total. The molecule has 0 fully saturated rings. The van der Waals surface area contributed by atoms with Gasteiger partial charge in [0.05, 0.1) is 11.3 Å². The van der Waals surface area contributed by atoms with Crippen LogP contribution in [0.4, 0.5) is 11.6 Å². The highest BCUT2D eigenvalue weighted by Crippen LogP contribution is 2.27. The number of anilines is 2. The minimum Gasteiger partial charge on any atom is -0.350 e. The molecule has 0 radical (unpaired) electrons. The minimum atomic E-state index is -0.0824. The van der Waals surface area contributed by atoms with Crippen LogP contribution in [0.2, 0.25) is 0 Å². The second-order valence-corrected chi connectivity index (χ2v) is 7.50. The van der Waals surface area contributed by atoms with E-state index in [1.807, 2.05) is 49.9 Å². The van der Waals surface area contributed by atoms with Crippen molar-refractivity contribution in [2.75, 3.05) is 5.32 Å². The van der Waals surface area contributed by atoms with E-state index >= 15 is 0 Å². The molecule has 152 valence electrons. The van der Waals surface area contributed by atoms with Crippen molar-refractivity contribution in [1.29, 1.82) is 0 Å². The number of nitrogens with one attached hydrogen (secondary N) is 1. The van der Waals surface area contributed by atoms with Crippen molar-refractivity contribution in [2.24, 2.45) is 13.0 Å². The maximum absolute atomic E-state index is 12.6. The van der Waals surface area contributed by atoms with Gasteiger partial charge >= 0.3 is 0 Å². The quantitative estimate of drug-likeness (QED) is 0.389. The fourth-order valence-electron chi connectivity index (χ4n) is 3.35. The number of aryl methyl sites for hydroxylation is 2. The Morgan fingerprint density at radius 3 is 2.70 bits per heavy atom. The molecule has 0 saturated carbocycles. The van der Waals surface area contributed by atoms with Gasteiger partial charge in [0.1, 0.15) is 0 Å². The third kappa shape index (κ3) is 3.47. The Labute approximate surface area is 173 Å². The van der Waals surface area contributed by atoms with Crippen LogP contribution in [0.15, 0.2) is 42.9 Å². The highest BCUT2D eigenvalue weighted by atomic mass is 16.1. The average molecular weight is 402 g/mol. The number of ketones is 1. The fraction of sp³-hybridized carbons (Fsp3) is 0.227. The first-order valence-electron chi connectivity index (χ1n) is 9.62. The number of Topliss-reactive ketones (excluding diaryl/α,β-unsaturated/α-hetero) is 1. The van der Waals surface area contributed by atoms with Crippen LogP contribution in [0.5, 0.6) is 0 Å². The summed E-state index contributed by atoms with van der Waals surface area (Å²) in [4.78, 5) is 32.5. The van der Waals surface area contributed by atoms with E-state index in [0.717, 1.165) is 22.9 Å². The first-order chi connectivity index (χ1) is 14.4. The number of aldehydes is 1. The molecule has 0 bridgehead atoms. The summed E-state index contributed by atoms with van der Waals surface area (Å²) in [5.41, 5.74) is 3.60. The smallest absolute Gasteiger partial charge is 0.229 e. The van der Waals surface area contributed by atoms with Gasteiger partial charge in [0.15, 0.2) is 17.9 Å². The normalized spacial score (nSPS) is 11.2. The first-order valence-corrected chi connectivity index (χ1v) is 9.62. The Bertz CT molecular complexity index is 1270. The largest absolute Gasteiger partial charge is 0.350 e. The van der Waals surface area contributed by atoms with Gasteiger partial charge in [-0.1, -0.05) is 13.8 Å². The highest BCUT2D eigenvalue weighted by Gasteiger charge is 2.17. The summed E-state index contributed by atoms with van der Waals surface area (Å²) < 4.78 is 3.50. The molecule has 0 aliphatic carbocycles. The van der Waals surface area contributed by atoms with Gasteiger partial charge in [-0.05, 0) is 25.1 Å². The maximum atomic E-state index is 12.6. The van der Waals surface area contributed by atoms with Crippen molar-refractivity contribution in [3.05, 3.63) is 59.7 Å². The molecule has 4 rings (SSSR count). The standard InChI is InChI=1S/C22H22N6O2/c1-13(2)21(30)18-11-27(4)19-6-5-16(9-17(18)19)24-22-23-8-7-20(25-22)28-10-15(12-29)14(3)26-28/h5-13H,1-4H3,(H,23,24,25). The zero-order valence-electron chi connectivity index (χ0n) is 17.2. The number of aromatic nitrogens is 5.